The number of fused-ring (bicyclic) bond motifs is 1. The van der Waals surface area contributed by atoms with Gasteiger partial charge in [-0.25, -0.2) is 9.67 Å². The van der Waals surface area contributed by atoms with Gasteiger partial charge < -0.3 is 15.1 Å². The zero-order valence-electron chi connectivity index (χ0n) is 19.0. The second kappa shape index (κ2) is 9.26. The Kier molecular flexibility index (Phi) is 6.25. The van der Waals surface area contributed by atoms with Gasteiger partial charge in [0.25, 0.3) is 5.91 Å². The van der Waals surface area contributed by atoms with Crippen molar-refractivity contribution in [3.8, 4) is 11.3 Å². The second-order valence-electron chi connectivity index (χ2n) is 8.20. The van der Waals surface area contributed by atoms with E-state index in [1.165, 1.54) is 0 Å². The van der Waals surface area contributed by atoms with Crippen LogP contribution >= 0.6 is 0 Å². The Bertz CT molecular complexity index is 1220. The molecule has 7 heteroatoms. The van der Waals surface area contributed by atoms with E-state index in [-0.39, 0.29) is 11.9 Å². The third kappa shape index (κ3) is 4.51. The fraction of sp³-hybridized carbons (Fsp3) is 0.320. The molecule has 0 aliphatic heterocycles. The molecule has 0 aliphatic rings. The summed E-state index contributed by atoms with van der Waals surface area (Å²) >= 11 is 0. The minimum atomic E-state index is -0.125. The molecule has 0 radical (unpaired) electrons. The largest absolute Gasteiger partial charge is 0.466 e. The molecule has 1 amide bonds. The average Bonchev–Trinajstić information content (AvgIpc) is 3.35. The molecule has 166 valence electrons. The zero-order chi connectivity index (χ0) is 22.7. The summed E-state index contributed by atoms with van der Waals surface area (Å²) in [6.07, 6.45) is 2.54. The third-order valence-electron chi connectivity index (χ3n) is 5.36. The monoisotopic (exact) mass is 431 g/mol. The molecule has 2 N–H and O–H groups in total. The highest BCUT2D eigenvalue weighted by molar-refractivity contribution is 6.06. The van der Waals surface area contributed by atoms with E-state index in [0.29, 0.717) is 23.4 Å². The Labute approximate surface area is 187 Å². The maximum Gasteiger partial charge on any atom is 0.252 e. The van der Waals surface area contributed by atoms with Gasteiger partial charge in [-0.15, -0.1) is 0 Å². The molecule has 0 aliphatic carbocycles. The van der Waals surface area contributed by atoms with Crippen molar-refractivity contribution >= 4 is 22.6 Å². The molecule has 0 bridgehead atoms. The minimum Gasteiger partial charge on any atom is -0.466 e. The summed E-state index contributed by atoms with van der Waals surface area (Å²) in [7, 11) is 0. The molecule has 0 saturated heterocycles. The van der Waals surface area contributed by atoms with Crippen molar-refractivity contribution in [1.29, 1.82) is 0 Å². The third-order valence-corrected chi connectivity index (χ3v) is 5.36. The van der Waals surface area contributed by atoms with Crippen LogP contribution in [-0.4, -0.2) is 33.8 Å². The highest BCUT2D eigenvalue weighted by Gasteiger charge is 2.20. The van der Waals surface area contributed by atoms with Crippen LogP contribution in [0.4, 0.5) is 5.69 Å². The van der Waals surface area contributed by atoms with Crippen molar-refractivity contribution in [1.82, 2.24) is 20.1 Å². The first-order chi connectivity index (χ1) is 15.4. The Hall–Kier alpha value is -3.61. The van der Waals surface area contributed by atoms with Crippen LogP contribution in [0.25, 0.3) is 22.3 Å². The standard InChI is InChI=1S/C25H29N5O2/c1-16(2)30-24-22(15-28-30)21(14-23(29-24)20-13-17(3)32-18(20)4)25(31)27-12-8-11-26-19-9-6-5-7-10-19/h5-7,9-10,13-16,26H,8,11-12H2,1-4H3,(H,27,31). The van der Waals surface area contributed by atoms with Crippen molar-refractivity contribution < 1.29 is 9.21 Å². The van der Waals surface area contributed by atoms with Crippen LogP contribution in [-0.2, 0) is 0 Å². The lowest BCUT2D eigenvalue weighted by molar-refractivity contribution is 0.0955. The Morgan fingerprint density at radius 2 is 1.91 bits per heavy atom. The summed E-state index contributed by atoms with van der Waals surface area (Å²) in [4.78, 5) is 18.0. The van der Waals surface area contributed by atoms with Gasteiger partial charge in [0.05, 0.1) is 22.8 Å². The van der Waals surface area contributed by atoms with Gasteiger partial charge in [-0.2, -0.15) is 5.10 Å². The van der Waals surface area contributed by atoms with Gasteiger partial charge in [-0.05, 0) is 58.4 Å². The van der Waals surface area contributed by atoms with Crippen molar-refractivity contribution in [3.05, 3.63) is 65.7 Å². The van der Waals surface area contributed by atoms with Gasteiger partial charge in [-0.1, -0.05) is 18.2 Å². The molecular formula is C25H29N5O2. The van der Waals surface area contributed by atoms with Crippen LogP contribution in [0.15, 0.2) is 53.1 Å². The summed E-state index contributed by atoms with van der Waals surface area (Å²) in [6.45, 7) is 9.26. The predicted molar refractivity (Wildman–Crippen MR) is 127 cm³/mol. The molecule has 3 aromatic heterocycles. The normalized spacial score (nSPS) is 11.3. The van der Waals surface area contributed by atoms with E-state index in [4.69, 9.17) is 9.40 Å². The lowest BCUT2D eigenvalue weighted by Crippen LogP contribution is -2.26. The number of pyridine rings is 1. The lowest BCUT2D eigenvalue weighted by Gasteiger charge is -2.11. The lowest BCUT2D eigenvalue weighted by atomic mass is 10.1. The molecule has 3 heterocycles. The van der Waals surface area contributed by atoms with Crippen molar-refractivity contribution in [2.45, 2.75) is 40.2 Å². The number of nitrogens with zero attached hydrogens (tertiary/aromatic N) is 3. The van der Waals surface area contributed by atoms with Crippen molar-refractivity contribution in [2.75, 3.05) is 18.4 Å². The maximum atomic E-state index is 13.1. The number of aryl methyl sites for hydroxylation is 2. The smallest absolute Gasteiger partial charge is 0.252 e. The molecule has 7 nitrogen and oxygen atoms in total. The number of aromatic nitrogens is 3. The van der Waals surface area contributed by atoms with Crippen molar-refractivity contribution in [2.24, 2.45) is 0 Å². The molecule has 4 aromatic rings. The quantitative estimate of drug-likeness (QED) is 0.378. The van der Waals surface area contributed by atoms with Crippen molar-refractivity contribution in [3.63, 3.8) is 0 Å². The summed E-state index contributed by atoms with van der Waals surface area (Å²) in [6, 6.07) is 14.0. The van der Waals surface area contributed by atoms with Gasteiger partial charge >= 0.3 is 0 Å². The number of para-hydroxylation sites is 1. The average molecular weight is 432 g/mol. The molecule has 32 heavy (non-hydrogen) atoms. The van der Waals surface area contributed by atoms with Gasteiger partial charge in [0, 0.05) is 30.4 Å². The number of anilines is 1. The molecule has 0 atom stereocenters. The minimum absolute atomic E-state index is 0.125. The predicted octanol–water partition coefficient (Wildman–Crippen LogP) is 5.12. The summed E-state index contributed by atoms with van der Waals surface area (Å²) in [5.41, 5.74) is 3.95. The first kappa shape index (κ1) is 21.6. The van der Waals surface area contributed by atoms with E-state index in [9.17, 15) is 4.79 Å². The molecule has 0 spiro atoms. The maximum absolute atomic E-state index is 13.1. The number of nitrogens with one attached hydrogen (secondary N) is 2. The van der Waals surface area contributed by atoms with Crippen LogP contribution in [0.2, 0.25) is 0 Å². The van der Waals surface area contributed by atoms with Crippen LogP contribution in [0, 0.1) is 13.8 Å². The van der Waals surface area contributed by atoms with Gasteiger partial charge in [0.1, 0.15) is 11.5 Å². The molecule has 0 saturated carbocycles. The summed E-state index contributed by atoms with van der Waals surface area (Å²) < 4.78 is 7.55. The first-order valence-electron chi connectivity index (χ1n) is 11.0. The number of amides is 1. The Morgan fingerprint density at radius 1 is 1.12 bits per heavy atom. The number of rotatable bonds is 8. The van der Waals surface area contributed by atoms with Gasteiger partial charge in [0.15, 0.2) is 5.65 Å². The highest BCUT2D eigenvalue weighted by atomic mass is 16.3. The van der Waals surface area contributed by atoms with E-state index in [1.807, 2.05) is 74.8 Å². The summed E-state index contributed by atoms with van der Waals surface area (Å²) in [5, 5.41) is 11.6. The molecule has 1 aromatic carbocycles. The van der Waals surface area contributed by atoms with Crippen LogP contribution in [0.1, 0.15) is 48.2 Å². The van der Waals surface area contributed by atoms with E-state index < -0.39 is 0 Å². The number of furan rings is 1. The molecule has 0 unspecified atom stereocenters. The Balaban J connectivity index is 1.55. The van der Waals surface area contributed by atoms with Crippen LogP contribution in [0.5, 0.6) is 0 Å². The fourth-order valence-corrected chi connectivity index (χ4v) is 3.78. The Morgan fingerprint density at radius 3 is 2.59 bits per heavy atom. The molecule has 0 fully saturated rings. The van der Waals surface area contributed by atoms with Gasteiger partial charge in [0.2, 0.25) is 0 Å². The molecular weight excluding hydrogens is 402 g/mol. The van der Waals surface area contributed by atoms with E-state index >= 15 is 0 Å². The zero-order valence-corrected chi connectivity index (χ0v) is 19.0. The topological polar surface area (TPSA) is 85.0 Å². The highest BCUT2D eigenvalue weighted by Crippen LogP contribution is 2.30. The number of benzene rings is 1. The second-order valence-corrected chi connectivity index (χ2v) is 8.20. The number of carbonyl (C=O) groups excluding carboxylic acids is 1. The first-order valence-corrected chi connectivity index (χ1v) is 11.0. The van der Waals surface area contributed by atoms with Crippen LogP contribution < -0.4 is 10.6 Å². The number of hydrogen-bond acceptors (Lipinski definition) is 5. The van der Waals surface area contributed by atoms with E-state index in [1.54, 1.807) is 6.20 Å². The van der Waals surface area contributed by atoms with E-state index in [2.05, 4.69) is 15.7 Å². The number of hydrogen-bond donors (Lipinski definition) is 2. The fourth-order valence-electron chi connectivity index (χ4n) is 3.78. The number of carbonyl (C=O) groups is 1. The molecule has 4 rings (SSSR count). The summed E-state index contributed by atoms with van der Waals surface area (Å²) in [5.74, 6) is 1.47. The van der Waals surface area contributed by atoms with Gasteiger partial charge in [-0.3, -0.25) is 4.79 Å². The van der Waals surface area contributed by atoms with Crippen LogP contribution in [0.3, 0.4) is 0 Å². The SMILES string of the molecule is Cc1cc(-c2cc(C(=O)NCCCNc3ccccc3)c3cnn(C(C)C)c3n2)c(C)o1. The van der Waals surface area contributed by atoms with E-state index in [0.717, 1.165) is 41.1 Å².